The topological polar surface area (TPSA) is 177 Å². The Balaban J connectivity index is 2.26. The number of phenols is 1. The fourth-order valence-electron chi connectivity index (χ4n) is 2.79. The molecule has 0 aliphatic rings. The zero-order chi connectivity index (χ0) is 23.0. The maximum absolute atomic E-state index is 11.9. The summed E-state index contributed by atoms with van der Waals surface area (Å²) in [6.45, 7) is 0. The number of ether oxygens (including phenoxy) is 1. The third-order valence-electron chi connectivity index (χ3n) is 4.27. The Morgan fingerprint density at radius 3 is 2.13 bits per heavy atom. The van der Waals surface area contributed by atoms with Gasteiger partial charge in [0, 0.05) is 18.5 Å². The predicted octanol–water partition coefficient (Wildman–Crippen LogP) is 3.33. The molecule has 13 heteroatoms. The molecule has 0 aliphatic heterocycles. The molecule has 0 atom stereocenters. The van der Waals surface area contributed by atoms with Gasteiger partial charge in [0.15, 0.2) is 5.75 Å². The molecule has 0 aliphatic carbocycles. The van der Waals surface area contributed by atoms with Gasteiger partial charge in [0.2, 0.25) is 0 Å². The molecule has 0 saturated carbocycles. The summed E-state index contributed by atoms with van der Waals surface area (Å²) in [6, 6.07) is 9.08. The van der Waals surface area contributed by atoms with Gasteiger partial charge in [0.25, 0.3) is 20.2 Å². The van der Waals surface area contributed by atoms with E-state index in [2.05, 4.69) is 15.5 Å². The van der Waals surface area contributed by atoms with Gasteiger partial charge in [0.1, 0.15) is 26.9 Å². The fraction of sp³-hybridized carbons (Fsp3) is 0.111. The van der Waals surface area contributed by atoms with Gasteiger partial charge in [-0.15, -0.1) is 10.2 Å². The van der Waals surface area contributed by atoms with Crippen LogP contribution in [0.2, 0.25) is 0 Å². The van der Waals surface area contributed by atoms with E-state index in [1.807, 2.05) is 0 Å². The van der Waals surface area contributed by atoms with E-state index in [-0.39, 0.29) is 22.2 Å². The molecule has 0 unspecified atom stereocenters. The minimum atomic E-state index is -4.85. The van der Waals surface area contributed by atoms with Crippen molar-refractivity contribution < 1.29 is 35.8 Å². The summed E-state index contributed by atoms with van der Waals surface area (Å²) >= 11 is 0. The average Bonchev–Trinajstić information content (AvgIpc) is 2.71. The fourth-order valence-corrected chi connectivity index (χ4v) is 4.08. The van der Waals surface area contributed by atoms with Crippen LogP contribution < -0.4 is 10.1 Å². The van der Waals surface area contributed by atoms with E-state index in [9.17, 15) is 31.0 Å². The first-order valence-corrected chi connectivity index (χ1v) is 11.3. The second-order valence-corrected chi connectivity index (χ2v) is 8.96. The Kier molecular flexibility index (Phi) is 5.87. The lowest BCUT2D eigenvalue weighted by Gasteiger charge is -2.10. The summed E-state index contributed by atoms with van der Waals surface area (Å²) in [7, 11) is -6.78. The van der Waals surface area contributed by atoms with Crippen LogP contribution in [-0.4, -0.2) is 45.2 Å². The van der Waals surface area contributed by atoms with Crippen molar-refractivity contribution in [2.24, 2.45) is 10.2 Å². The van der Waals surface area contributed by atoms with Crippen molar-refractivity contribution in [1.29, 1.82) is 0 Å². The van der Waals surface area contributed by atoms with Crippen molar-refractivity contribution in [2.75, 3.05) is 14.2 Å². The van der Waals surface area contributed by atoms with Crippen LogP contribution in [0.4, 0.5) is 17.1 Å². The predicted molar refractivity (Wildman–Crippen MR) is 110 cm³/mol. The number of azo groups is 1. The van der Waals surface area contributed by atoms with E-state index >= 15 is 0 Å². The van der Waals surface area contributed by atoms with E-state index in [1.165, 1.54) is 32.4 Å². The highest BCUT2D eigenvalue weighted by Gasteiger charge is 2.23. The minimum absolute atomic E-state index is 0.107. The Morgan fingerprint density at radius 1 is 0.871 bits per heavy atom. The van der Waals surface area contributed by atoms with E-state index in [0.717, 1.165) is 18.2 Å². The molecule has 0 fully saturated rings. The SMILES string of the molecule is C[N]c1ccc2c(O)c(/N=N/c3ccc(OC)cc3S(=O)(=O)O)c(S(=O)(=O)O)cc2c1. The molecule has 1 radical (unpaired) electrons. The first-order chi connectivity index (χ1) is 14.5. The number of benzene rings is 3. The molecule has 0 spiro atoms. The number of methoxy groups -OCH3 is 1. The molecule has 0 bridgehead atoms. The van der Waals surface area contributed by atoms with Crippen LogP contribution in [0.25, 0.3) is 10.8 Å². The first kappa shape index (κ1) is 22.4. The Bertz CT molecular complexity index is 1420. The largest absolute Gasteiger partial charge is 0.505 e. The number of hydrogen-bond donors (Lipinski definition) is 3. The van der Waals surface area contributed by atoms with E-state index in [0.29, 0.717) is 5.69 Å². The summed E-state index contributed by atoms with van der Waals surface area (Å²) in [5, 5.41) is 22.3. The van der Waals surface area contributed by atoms with Crippen LogP contribution in [0.15, 0.2) is 62.5 Å². The summed E-state index contributed by atoms with van der Waals surface area (Å²) in [4.78, 5) is -1.41. The zero-order valence-electron chi connectivity index (χ0n) is 16.1. The Labute approximate surface area is 177 Å². The maximum atomic E-state index is 11.9. The van der Waals surface area contributed by atoms with Crippen molar-refractivity contribution >= 4 is 48.1 Å². The van der Waals surface area contributed by atoms with Gasteiger partial charge in [-0.3, -0.25) is 14.4 Å². The highest BCUT2D eigenvalue weighted by Crippen LogP contribution is 2.42. The zero-order valence-corrected chi connectivity index (χ0v) is 17.7. The van der Waals surface area contributed by atoms with Crippen molar-refractivity contribution in [3.8, 4) is 11.5 Å². The molecule has 0 heterocycles. The Morgan fingerprint density at radius 2 is 1.55 bits per heavy atom. The normalized spacial score (nSPS) is 12.4. The Hall–Kier alpha value is -3.26. The van der Waals surface area contributed by atoms with Gasteiger partial charge in [-0.25, -0.2) is 0 Å². The third kappa shape index (κ3) is 4.59. The monoisotopic (exact) mass is 466 g/mol. The molecular weight excluding hydrogens is 450 g/mol. The van der Waals surface area contributed by atoms with Crippen molar-refractivity contribution in [2.45, 2.75) is 9.79 Å². The third-order valence-corrected chi connectivity index (χ3v) is 6.02. The lowest BCUT2D eigenvalue weighted by Crippen LogP contribution is -2.00. The van der Waals surface area contributed by atoms with Gasteiger partial charge < -0.3 is 9.84 Å². The highest BCUT2D eigenvalue weighted by atomic mass is 32.2. The van der Waals surface area contributed by atoms with Crippen LogP contribution in [-0.2, 0) is 20.2 Å². The molecule has 3 N–H and O–H groups in total. The number of fused-ring (bicyclic) bond motifs is 1. The highest BCUT2D eigenvalue weighted by molar-refractivity contribution is 7.86. The van der Waals surface area contributed by atoms with Crippen LogP contribution in [0.1, 0.15) is 0 Å². The van der Waals surface area contributed by atoms with Crippen LogP contribution in [0.5, 0.6) is 11.5 Å². The van der Waals surface area contributed by atoms with Gasteiger partial charge in [0.05, 0.1) is 12.8 Å². The number of phenolic OH excluding ortho intramolecular Hbond substituents is 1. The maximum Gasteiger partial charge on any atom is 0.296 e. The molecule has 11 nitrogen and oxygen atoms in total. The minimum Gasteiger partial charge on any atom is -0.505 e. The average molecular weight is 466 g/mol. The summed E-state index contributed by atoms with van der Waals surface area (Å²) < 4.78 is 71.1. The molecular formula is C18H16N3O8S2. The second kappa shape index (κ2) is 8.11. The van der Waals surface area contributed by atoms with Gasteiger partial charge >= 0.3 is 0 Å². The van der Waals surface area contributed by atoms with E-state index < -0.39 is 41.5 Å². The van der Waals surface area contributed by atoms with Crippen molar-refractivity contribution in [1.82, 2.24) is 5.32 Å². The summed E-state index contributed by atoms with van der Waals surface area (Å²) in [5.74, 6) is -0.505. The number of hydrogen-bond acceptors (Lipinski definition) is 8. The van der Waals surface area contributed by atoms with Crippen LogP contribution in [0, 0.1) is 0 Å². The molecule has 0 saturated heterocycles. The molecule has 0 aromatic heterocycles. The molecule has 3 aromatic rings. The van der Waals surface area contributed by atoms with Gasteiger partial charge in [-0.2, -0.15) is 16.8 Å². The van der Waals surface area contributed by atoms with E-state index in [1.54, 1.807) is 6.07 Å². The summed E-state index contributed by atoms with van der Waals surface area (Å²) in [5.41, 5.74) is -0.476. The smallest absolute Gasteiger partial charge is 0.296 e. The van der Waals surface area contributed by atoms with Crippen LogP contribution in [0.3, 0.4) is 0 Å². The van der Waals surface area contributed by atoms with Crippen molar-refractivity contribution in [3.63, 3.8) is 0 Å². The number of aromatic hydroxyl groups is 1. The van der Waals surface area contributed by atoms with E-state index in [4.69, 9.17) is 4.74 Å². The summed E-state index contributed by atoms with van der Waals surface area (Å²) in [6.07, 6.45) is 0. The number of rotatable bonds is 6. The lowest BCUT2D eigenvalue weighted by atomic mass is 10.1. The first-order valence-electron chi connectivity index (χ1n) is 8.40. The van der Waals surface area contributed by atoms with Gasteiger partial charge in [-0.05, 0) is 41.8 Å². The molecule has 3 rings (SSSR count). The van der Waals surface area contributed by atoms with Gasteiger partial charge in [-0.1, -0.05) is 0 Å². The molecule has 31 heavy (non-hydrogen) atoms. The molecule has 3 aromatic carbocycles. The second-order valence-electron chi connectivity index (χ2n) is 6.18. The van der Waals surface area contributed by atoms with Crippen LogP contribution >= 0.6 is 0 Å². The molecule has 0 amide bonds. The quantitative estimate of drug-likeness (QED) is 0.366. The van der Waals surface area contributed by atoms with Crippen molar-refractivity contribution in [3.05, 3.63) is 42.5 Å². The lowest BCUT2D eigenvalue weighted by molar-refractivity contribution is 0.412. The number of nitrogens with zero attached hydrogens (tertiary/aromatic N) is 3. The standard InChI is InChI=1S/C18H16N3O8S2/c1-19-11-3-5-13-10(7-11)8-16(31(26,27)28)17(18(13)22)21-20-14-6-4-12(29-2)9-15(14)30(23,24)25/h3-9,22H,1-2H3,(H,23,24,25)(H,26,27,28)/b21-20+. The molecule has 163 valence electrons.